The molecule has 0 heterocycles. The van der Waals surface area contributed by atoms with E-state index < -0.39 is 6.04 Å². The van der Waals surface area contributed by atoms with Crippen LogP contribution in [0, 0.1) is 5.92 Å². The number of Topliss-reactive ketones (excluding diaryl/α,β-unsaturated/α-hetero) is 1. The molecule has 92 valence electrons. The molecular formula is C14H19NO2. The summed E-state index contributed by atoms with van der Waals surface area (Å²) in [6.45, 7) is 5.64. The molecule has 0 fully saturated rings. The van der Waals surface area contributed by atoms with Crippen LogP contribution in [0.15, 0.2) is 30.3 Å². The smallest absolute Gasteiger partial charge is 0.220 e. The molecule has 0 aliphatic heterocycles. The van der Waals surface area contributed by atoms with Gasteiger partial charge in [0, 0.05) is 12.0 Å². The highest BCUT2D eigenvalue weighted by molar-refractivity contribution is 6.02. The van der Waals surface area contributed by atoms with Crippen molar-refractivity contribution in [1.29, 1.82) is 0 Å². The van der Waals surface area contributed by atoms with Gasteiger partial charge in [-0.2, -0.15) is 0 Å². The summed E-state index contributed by atoms with van der Waals surface area (Å²) in [6, 6.07) is 8.63. The number of carbonyl (C=O) groups excluding carboxylic acids is 2. The van der Waals surface area contributed by atoms with E-state index in [1.165, 1.54) is 0 Å². The number of carbonyl (C=O) groups is 2. The Bertz CT molecular complexity index is 384. The van der Waals surface area contributed by atoms with E-state index in [-0.39, 0.29) is 17.6 Å². The molecule has 1 atom stereocenters. The quantitative estimate of drug-likeness (QED) is 0.794. The Balaban J connectivity index is 2.85. The van der Waals surface area contributed by atoms with Crippen molar-refractivity contribution < 1.29 is 9.59 Å². The Morgan fingerprint density at radius 2 is 1.76 bits per heavy atom. The lowest BCUT2D eigenvalue weighted by atomic mass is 9.95. The van der Waals surface area contributed by atoms with Gasteiger partial charge in [0.15, 0.2) is 5.78 Å². The molecule has 1 aromatic carbocycles. The molecule has 0 saturated carbocycles. The van der Waals surface area contributed by atoms with Crippen molar-refractivity contribution in [2.45, 2.75) is 33.2 Å². The first-order chi connectivity index (χ1) is 8.06. The molecule has 1 N–H and O–H groups in total. The molecule has 0 aliphatic carbocycles. The maximum absolute atomic E-state index is 12.2. The maximum Gasteiger partial charge on any atom is 0.220 e. The van der Waals surface area contributed by atoms with Gasteiger partial charge < -0.3 is 5.32 Å². The molecule has 0 aliphatic rings. The van der Waals surface area contributed by atoms with Crippen LogP contribution in [-0.4, -0.2) is 17.7 Å². The molecule has 0 spiro atoms. The second kappa shape index (κ2) is 6.18. The first kappa shape index (κ1) is 13.4. The fourth-order valence-electron chi connectivity index (χ4n) is 1.59. The van der Waals surface area contributed by atoms with Gasteiger partial charge in [0.05, 0.1) is 6.04 Å². The monoisotopic (exact) mass is 233 g/mol. The predicted molar refractivity (Wildman–Crippen MR) is 67.8 cm³/mol. The van der Waals surface area contributed by atoms with Gasteiger partial charge in [-0.3, -0.25) is 9.59 Å². The molecule has 1 aromatic rings. The van der Waals surface area contributed by atoms with E-state index in [0.717, 1.165) is 0 Å². The molecular weight excluding hydrogens is 214 g/mol. The number of benzene rings is 1. The highest BCUT2D eigenvalue weighted by atomic mass is 16.2. The summed E-state index contributed by atoms with van der Waals surface area (Å²) in [7, 11) is 0. The van der Waals surface area contributed by atoms with Crippen LogP contribution in [0.1, 0.15) is 37.6 Å². The van der Waals surface area contributed by atoms with Crippen molar-refractivity contribution in [2.75, 3.05) is 0 Å². The van der Waals surface area contributed by atoms with E-state index in [0.29, 0.717) is 12.0 Å². The SMILES string of the molecule is CCC(=O)N[C@@H](C(=O)c1ccccc1)C(C)C. The largest absolute Gasteiger partial charge is 0.346 e. The molecule has 0 radical (unpaired) electrons. The molecule has 3 heteroatoms. The van der Waals surface area contributed by atoms with Gasteiger partial charge in [-0.1, -0.05) is 51.1 Å². The summed E-state index contributed by atoms with van der Waals surface area (Å²) in [6.07, 6.45) is 0.394. The minimum atomic E-state index is -0.440. The minimum absolute atomic E-state index is 0.0256. The summed E-state index contributed by atoms with van der Waals surface area (Å²) < 4.78 is 0. The zero-order chi connectivity index (χ0) is 12.8. The maximum atomic E-state index is 12.2. The van der Waals surface area contributed by atoms with Crippen molar-refractivity contribution in [2.24, 2.45) is 5.92 Å². The van der Waals surface area contributed by atoms with Gasteiger partial charge in [0.2, 0.25) is 5.91 Å². The lowest BCUT2D eigenvalue weighted by Gasteiger charge is -2.20. The first-order valence-corrected chi connectivity index (χ1v) is 5.94. The number of rotatable bonds is 5. The lowest BCUT2D eigenvalue weighted by Crippen LogP contribution is -2.44. The summed E-state index contributed by atoms with van der Waals surface area (Å²) in [5, 5.41) is 2.78. The van der Waals surface area contributed by atoms with Crippen molar-refractivity contribution in [3.8, 4) is 0 Å². The van der Waals surface area contributed by atoms with Crippen molar-refractivity contribution in [3.63, 3.8) is 0 Å². The van der Waals surface area contributed by atoms with Crippen LogP contribution in [-0.2, 0) is 4.79 Å². The molecule has 0 bridgehead atoms. The Kier molecular flexibility index (Phi) is 4.88. The first-order valence-electron chi connectivity index (χ1n) is 5.94. The molecule has 0 saturated heterocycles. The Morgan fingerprint density at radius 1 is 1.18 bits per heavy atom. The van der Waals surface area contributed by atoms with Gasteiger partial charge in [-0.15, -0.1) is 0 Å². The van der Waals surface area contributed by atoms with Crippen LogP contribution in [0.2, 0.25) is 0 Å². The second-order valence-corrected chi connectivity index (χ2v) is 4.37. The van der Waals surface area contributed by atoms with E-state index in [1.807, 2.05) is 32.0 Å². The van der Waals surface area contributed by atoms with Crippen molar-refractivity contribution in [1.82, 2.24) is 5.32 Å². The molecule has 0 aromatic heterocycles. The van der Waals surface area contributed by atoms with Gasteiger partial charge >= 0.3 is 0 Å². The lowest BCUT2D eigenvalue weighted by molar-refractivity contribution is -0.121. The Labute approximate surface area is 102 Å². The molecule has 1 rings (SSSR count). The van der Waals surface area contributed by atoms with Crippen LogP contribution >= 0.6 is 0 Å². The average molecular weight is 233 g/mol. The van der Waals surface area contributed by atoms with Gasteiger partial charge in [0.1, 0.15) is 0 Å². The van der Waals surface area contributed by atoms with E-state index in [4.69, 9.17) is 0 Å². The van der Waals surface area contributed by atoms with Crippen LogP contribution in [0.25, 0.3) is 0 Å². The fourth-order valence-corrected chi connectivity index (χ4v) is 1.59. The minimum Gasteiger partial charge on any atom is -0.346 e. The highest BCUT2D eigenvalue weighted by Crippen LogP contribution is 2.10. The number of nitrogens with one attached hydrogen (secondary N) is 1. The molecule has 17 heavy (non-hydrogen) atoms. The van der Waals surface area contributed by atoms with E-state index in [1.54, 1.807) is 19.1 Å². The number of hydrogen-bond acceptors (Lipinski definition) is 2. The zero-order valence-electron chi connectivity index (χ0n) is 10.6. The molecule has 3 nitrogen and oxygen atoms in total. The number of hydrogen-bond donors (Lipinski definition) is 1. The van der Waals surface area contributed by atoms with Gasteiger partial charge in [-0.25, -0.2) is 0 Å². The molecule has 1 amide bonds. The molecule has 0 unspecified atom stereocenters. The average Bonchev–Trinajstić information content (AvgIpc) is 2.35. The van der Waals surface area contributed by atoms with Gasteiger partial charge in [0.25, 0.3) is 0 Å². The third kappa shape index (κ3) is 3.70. The third-order valence-corrected chi connectivity index (χ3v) is 2.65. The topological polar surface area (TPSA) is 46.2 Å². The van der Waals surface area contributed by atoms with Crippen LogP contribution < -0.4 is 5.32 Å². The van der Waals surface area contributed by atoms with E-state index in [2.05, 4.69) is 5.32 Å². The van der Waals surface area contributed by atoms with Crippen molar-refractivity contribution in [3.05, 3.63) is 35.9 Å². The van der Waals surface area contributed by atoms with Crippen LogP contribution in [0.4, 0.5) is 0 Å². The van der Waals surface area contributed by atoms with Crippen LogP contribution in [0.3, 0.4) is 0 Å². The summed E-state index contributed by atoms with van der Waals surface area (Å²) in [5.74, 6) is -0.0337. The Hall–Kier alpha value is -1.64. The summed E-state index contributed by atoms with van der Waals surface area (Å²) in [5.41, 5.74) is 0.641. The summed E-state index contributed by atoms with van der Waals surface area (Å²) in [4.78, 5) is 23.6. The van der Waals surface area contributed by atoms with Crippen LogP contribution in [0.5, 0.6) is 0 Å². The Morgan fingerprint density at radius 3 is 2.24 bits per heavy atom. The van der Waals surface area contributed by atoms with E-state index >= 15 is 0 Å². The second-order valence-electron chi connectivity index (χ2n) is 4.37. The number of amides is 1. The third-order valence-electron chi connectivity index (χ3n) is 2.65. The van der Waals surface area contributed by atoms with E-state index in [9.17, 15) is 9.59 Å². The number of ketones is 1. The summed E-state index contributed by atoms with van der Waals surface area (Å²) >= 11 is 0. The van der Waals surface area contributed by atoms with Crippen molar-refractivity contribution >= 4 is 11.7 Å². The standard InChI is InChI=1S/C14H19NO2/c1-4-12(16)15-13(10(2)3)14(17)11-8-6-5-7-9-11/h5-10,13H,4H2,1-3H3,(H,15,16)/t13-/m1/s1. The zero-order valence-corrected chi connectivity index (χ0v) is 10.6. The normalized spacial score (nSPS) is 12.2. The predicted octanol–water partition coefficient (Wildman–Crippen LogP) is 2.42. The highest BCUT2D eigenvalue weighted by Gasteiger charge is 2.24. The fraction of sp³-hybridized carbons (Fsp3) is 0.429. The van der Waals surface area contributed by atoms with Gasteiger partial charge in [-0.05, 0) is 5.92 Å².